The van der Waals surface area contributed by atoms with Gasteiger partial charge in [0.15, 0.2) is 0 Å². The molecular weight excluding hydrogens is 200 g/mol. The minimum Gasteiger partial charge on any atom is -0.370 e. The van der Waals surface area contributed by atoms with Crippen LogP contribution in [0.25, 0.3) is 0 Å². The lowest BCUT2D eigenvalue weighted by Crippen LogP contribution is -2.08. The summed E-state index contributed by atoms with van der Waals surface area (Å²) in [5.74, 6) is 2.61. The van der Waals surface area contributed by atoms with Crippen LogP contribution in [-0.2, 0) is 0 Å². The second kappa shape index (κ2) is 5.14. The Labute approximate surface area is 96.9 Å². The SMILES string of the molecule is CCNc1nc(C)cc(NCCC2CC2)n1. The normalized spacial score (nSPS) is 14.9. The molecule has 2 rings (SSSR count). The van der Waals surface area contributed by atoms with Gasteiger partial charge in [-0.2, -0.15) is 4.98 Å². The highest BCUT2D eigenvalue weighted by molar-refractivity contribution is 5.41. The van der Waals surface area contributed by atoms with Crippen LogP contribution in [-0.4, -0.2) is 23.1 Å². The molecule has 0 saturated heterocycles. The summed E-state index contributed by atoms with van der Waals surface area (Å²) < 4.78 is 0. The molecule has 0 aliphatic heterocycles. The maximum atomic E-state index is 4.41. The van der Waals surface area contributed by atoms with E-state index in [2.05, 4.69) is 20.6 Å². The van der Waals surface area contributed by atoms with Gasteiger partial charge in [-0.3, -0.25) is 0 Å². The van der Waals surface area contributed by atoms with Gasteiger partial charge in [-0.15, -0.1) is 0 Å². The lowest BCUT2D eigenvalue weighted by molar-refractivity contribution is 0.758. The molecule has 0 radical (unpaired) electrons. The number of nitrogens with zero attached hydrogens (tertiary/aromatic N) is 2. The van der Waals surface area contributed by atoms with Crippen LogP contribution in [0.3, 0.4) is 0 Å². The van der Waals surface area contributed by atoms with Gasteiger partial charge in [0.2, 0.25) is 5.95 Å². The molecule has 0 unspecified atom stereocenters. The van der Waals surface area contributed by atoms with Crippen LogP contribution >= 0.6 is 0 Å². The van der Waals surface area contributed by atoms with E-state index in [1.165, 1.54) is 19.3 Å². The molecule has 88 valence electrons. The maximum Gasteiger partial charge on any atom is 0.224 e. The Morgan fingerprint density at radius 1 is 1.31 bits per heavy atom. The smallest absolute Gasteiger partial charge is 0.224 e. The highest BCUT2D eigenvalue weighted by Crippen LogP contribution is 2.32. The van der Waals surface area contributed by atoms with Gasteiger partial charge in [-0.05, 0) is 26.2 Å². The fraction of sp³-hybridized carbons (Fsp3) is 0.667. The molecule has 0 bridgehead atoms. The van der Waals surface area contributed by atoms with E-state index in [1.807, 2.05) is 19.9 Å². The molecule has 2 N–H and O–H groups in total. The number of hydrogen-bond donors (Lipinski definition) is 2. The Balaban J connectivity index is 1.90. The third kappa shape index (κ3) is 3.36. The summed E-state index contributed by atoms with van der Waals surface area (Å²) in [6.07, 6.45) is 4.08. The van der Waals surface area contributed by atoms with Gasteiger partial charge in [0.05, 0.1) is 0 Å². The summed E-state index contributed by atoms with van der Waals surface area (Å²) in [5, 5.41) is 6.50. The van der Waals surface area contributed by atoms with Gasteiger partial charge in [-0.1, -0.05) is 12.8 Å². The first-order valence-corrected chi connectivity index (χ1v) is 6.11. The molecule has 4 nitrogen and oxygen atoms in total. The van der Waals surface area contributed by atoms with Crippen LogP contribution in [0.4, 0.5) is 11.8 Å². The zero-order chi connectivity index (χ0) is 11.4. The Hall–Kier alpha value is -1.32. The lowest BCUT2D eigenvalue weighted by Gasteiger charge is -2.08. The second-order valence-corrected chi connectivity index (χ2v) is 4.41. The summed E-state index contributed by atoms with van der Waals surface area (Å²) in [4.78, 5) is 8.72. The van der Waals surface area contributed by atoms with Crippen LogP contribution in [0.5, 0.6) is 0 Å². The van der Waals surface area contributed by atoms with Gasteiger partial charge in [0, 0.05) is 24.8 Å². The first kappa shape index (κ1) is 11.2. The van der Waals surface area contributed by atoms with Gasteiger partial charge in [-0.25, -0.2) is 4.98 Å². The van der Waals surface area contributed by atoms with Gasteiger partial charge in [0.1, 0.15) is 5.82 Å². The number of hydrogen-bond acceptors (Lipinski definition) is 4. The minimum atomic E-state index is 0.719. The van der Waals surface area contributed by atoms with Crippen molar-refractivity contribution in [2.45, 2.75) is 33.1 Å². The van der Waals surface area contributed by atoms with Crippen molar-refractivity contribution in [2.75, 3.05) is 23.7 Å². The standard InChI is InChI=1S/C12H20N4/c1-3-13-12-15-9(2)8-11(16-12)14-7-6-10-4-5-10/h8,10H,3-7H2,1-2H3,(H2,13,14,15,16). The average molecular weight is 220 g/mol. The number of aromatic nitrogens is 2. The number of aryl methyl sites for hydroxylation is 1. The van der Waals surface area contributed by atoms with E-state index in [0.29, 0.717) is 0 Å². The molecule has 0 spiro atoms. The fourth-order valence-corrected chi connectivity index (χ4v) is 1.71. The third-order valence-electron chi connectivity index (χ3n) is 2.74. The van der Waals surface area contributed by atoms with E-state index >= 15 is 0 Å². The number of nitrogens with one attached hydrogen (secondary N) is 2. The average Bonchev–Trinajstić information content (AvgIpc) is 3.01. The molecule has 1 aliphatic rings. The zero-order valence-corrected chi connectivity index (χ0v) is 10.1. The Kier molecular flexibility index (Phi) is 3.59. The molecular formula is C12H20N4. The Morgan fingerprint density at radius 2 is 2.12 bits per heavy atom. The minimum absolute atomic E-state index is 0.719. The van der Waals surface area contributed by atoms with Crippen molar-refractivity contribution in [3.63, 3.8) is 0 Å². The van der Waals surface area contributed by atoms with E-state index in [1.54, 1.807) is 0 Å². The first-order valence-electron chi connectivity index (χ1n) is 6.11. The molecule has 1 aliphatic carbocycles. The first-order chi connectivity index (χ1) is 7.78. The largest absolute Gasteiger partial charge is 0.370 e. The predicted octanol–water partition coefficient (Wildman–Crippen LogP) is 2.43. The van der Waals surface area contributed by atoms with Gasteiger partial charge >= 0.3 is 0 Å². The molecule has 16 heavy (non-hydrogen) atoms. The van der Waals surface area contributed by atoms with E-state index in [-0.39, 0.29) is 0 Å². The monoisotopic (exact) mass is 220 g/mol. The Bertz CT molecular complexity index is 347. The quantitative estimate of drug-likeness (QED) is 0.773. The van der Waals surface area contributed by atoms with Crippen molar-refractivity contribution in [3.05, 3.63) is 11.8 Å². The molecule has 1 fully saturated rings. The molecule has 0 atom stereocenters. The maximum absolute atomic E-state index is 4.41. The van der Waals surface area contributed by atoms with E-state index in [4.69, 9.17) is 0 Å². The molecule has 1 saturated carbocycles. The molecule has 1 heterocycles. The Morgan fingerprint density at radius 3 is 2.81 bits per heavy atom. The van der Waals surface area contributed by atoms with E-state index in [0.717, 1.165) is 36.5 Å². The fourth-order valence-electron chi connectivity index (χ4n) is 1.71. The summed E-state index contributed by atoms with van der Waals surface area (Å²) in [7, 11) is 0. The van der Waals surface area contributed by atoms with Crippen molar-refractivity contribution in [3.8, 4) is 0 Å². The molecule has 0 aromatic carbocycles. The van der Waals surface area contributed by atoms with Crippen molar-refractivity contribution >= 4 is 11.8 Å². The van der Waals surface area contributed by atoms with Crippen LogP contribution in [0, 0.1) is 12.8 Å². The van der Waals surface area contributed by atoms with Crippen LogP contribution in [0.1, 0.15) is 31.9 Å². The van der Waals surface area contributed by atoms with Crippen LogP contribution in [0.15, 0.2) is 6.07 Å². The molecule has 4 heteroatoms. The van der Waals surface area contributed by atoms with Crippen molar-refractivity contribution in [2.24, 2.45) is 5.92 Å². The van der Waals surface area contributed by atoms with Gasteiger partial charge in [0.25, 0.3) is 0 Å². The topological polar surface area (TPSA) is 49.8 Å². The van der Waals surface area contributed by atoms with Crippen molar-refractivity contribution in [1.29, 1.82) is 0 Å². The third-order valence-corrected chi connectivity index (χ3v) is 2.74. The number of anilines is 2. The van der Waals surface area contributed by atoms with Gasteiger partial charge < -0.3 is 10.6 Å². The summed E-state index contributed by atoms with van der Waals surface area (Å²) >= 11 is 0. The van der Waals surface area contributed by atoms with E-state index in [9.17, 15) is 0 Å². The second-order valence-electron chi connectivity index (χ2n) is 4.41. The van der Waals surface area contributed by atoms with Crippen LogP contribution in [0.2, 0.25) is 0 Å². The molecule has 1 aromatic heterocycles. The highest BCUT2D eigenvalue weighted by atomic mass is 15.1. The van der Waals surface area contributed by atoms with Crippen LogP contribution < -0.4 is 10.6 Å². The lowest BCUT2D eigenvalue weighted by atomic mass is 10.3. The predicted molar refractivity (Wildman–Crippen MR) is 66.8 cm³/mol. The number of rotatable bonds is 6. The van der Waals surface area contributed by atoms with Crippen molar-refractivity contribution < 1.29 is 0 Å². The van der Waals surface area contributed by atoms with E-state index < -0.39 is 0 Å². The summed E-state index contributed by atoms with van der Waals surface area (Å²) in [6, 6.07) is 1.99. The summed E-state index contributed by atoms with van der Waals surface area (Å²) in [6.45, 7) is 5.91. The molecule has 0 amide bonds. The summed E-state index contributed by atoms with van der Waals surface area (Å²) in [5.41, 5.74) is 1.000. The molecule has 1 aromatic rings. The highest BCUT2D eigenvalue weighted by Gasteiger charge is 2.20. The zero-order valence-electron chi connectivity index (χ0n) is 10.1. The van der Waals surface area contributed by atoms with Crippen molar-refractivity contribution in [1.82, 2.24) is 9.97 Å².